The van der Waals surface area contributed by atoms with Crippen LogP contribution in [0.15, 0.2) is 46.9 Å². The van der Waals surface area contributed by atoms with Gasteiger partial charge in [-0.1, -0.05) is 30.0 Å². The zero-order chi connectivity index (χ0) is 14.5. The number of para-hydroxylation sites is 1. The van der Waals surface area contributed by atoms with Crippen LogP contribution in [0.5, 0.6) is 0 Å². The van der Waals surface area contributed by atoms with Crippen LogP contribution in [0.25, 0.3) is 10.9 Å². The van der Waals surface area contributed by atoms with Gasteiger partial charge in [0.15, 0.2) is 5.16 Å². The van der Waals surface area contributed by atoms with Crippen molar-refractivity contribution in [3.05, 3.63) is 47.3 Å². The van der Waals surface area contributed by atoms with Crippen molar-refractivity contribution in [2.45, 2.75) is 5.16 Å². The molecule has 6 heteroatoms. The molecule has 20 heavy (non-hydrogen) atoms. The number of carbonyl (C=O) groups excluding carboxylic acids is 1. The topological polar surface area (TPSA) is 64.0 Å². The van der Waals surface area contributed by atoms with E-state index in [1.165, 1.54) is 16.3 Å². The summed E-state index contributed by atoms with van der Waals surface area (Å²) in [4.78, 5) is 28.1. The monoisotopic (exact) mass is 289 g/mol. The molecule has 1 N–H and O–H groups in total. The van der Waals surface area contributed by atoms with E-state index in [4.69, 9.17) is 0 Å². The highest BCUT2D eigenvalue weighted by atomic mass is 32.2. The average Bonchev–Trinajstić information content (AvgIpc) is 2.47. The van der Waals surface area contributed by atoms with E-state index in [0.717, 1.165) is 0 Å². The minimum Gasteiger partial charge on any atom is -0.352 e. The number of thioether (sulfide) groups is 1. The molecule has 0 spiro atoms. The predicted molar refractivity (Wildman–Crippen MR) is 80.9 cm³/mol. The largest absolute Gasteiger partial charge is 0.352 e. The van der Waals surface area contributed by atoms with Gasteiger partial charge in [0, 0.05) is 13.6 Å². The number of benzene rings is 1. The van der Waals surface area contributed by atoms with Crippen LogP contribution in [0.4, 0.5) is 0 Å². The van der Waals surface area contributed by atoms with E-state index < -0.39 is 0 Å². The van der Waals surface area contributed by atoms with Gasteiger partial charge in [-0.05, 0) is 12.1 Å². The molecule has 2 aromatic rings. The number of hydrogen-bond acceptors (Lipinski definition) is 4. The summed E-state index contributed by atoms with van der Waals surface area (Å²) >= 11 is 1.24. The second-order valence-electron chi connectivity index (χ2n) is 4.16. The molecule has 0 radical (unpaired) electrons. The van der Waals surface area contributed by atoms with Gasteiger partial charge < -0.3 is 5.32 Å². The fraction of sp³-hybridized carbons (Fsp3) is 0.214. The minimum absolute atomic E-state index is 0.107. The van der Waals surface area contributed by atoms with Crippen molar-refractivity contribution in [2.75, 3.05) is 12.3 Å². The summed E-state index contributed by atoms with van der Waals surface area (Å²) in [5.74, 6) is 0.101. The summed E-state index contributed by atoms with van der Waals surface area (Å²) in [5.41, 5.74) is 0.536. The van der Waals surface area contributed by atoms with Crippen molar-refractivity contribution < 1.29 is 4.79 Å². The maximum atomic E-state index is 12.2. The second-order valence-corrected chi connectivity index (χ2v) is 5.10. The molecule has 0 unspecified atom stereocenters. The first kappa shape index (κ1) is 14.3. The van der Waals surface area contributed by atoms with E-state index in [2.05, 4.69) is 16.9 Å². The summed E-state index contributed by atoms with van der Waals surface area (Å²) < 4.78 is 1.47. The van der Waals surface area contributed by atoms with Crippen LogP contribution < -0.4 is 10.9 Å². The van der Waals surface area contributed by atoms with Gasteiger partial charge in [0.1, 0.15) is 0 Å². The molecular formula is C14H15N3O2S. The van der Waals surface area contributed by atoms with Crippen molar-refractivity contribution in [1.29, 1.82) is 0 Å². The Labute approximate surface area is 120 Å². The van der Waals surface area contributed by atoms with Crippen LogP contribution in [0.1, 0.15) is 0 Å². The van der Waals surface area contributed by atoms with Crippen LogP contribution >= 0.6 is 11.8 Å². The third kappa shape index (κ3) is 3.08. The normalized spacial score (nSPS) is 10.4. The first-order valence-corrected chi connectivity index (χ1v) is 7.08. The van der Waals surface area contributed by atoms with E-state index >= 15 is 0 Å². The van der Waals surface area contributed by atoms with Gasteiger partial charge in [0.05, 0.1) is 16.7 Å². The number of fused-ring (bicyclic) bond motifs is 1. The van der Waals surface area contributed by atoms with Crippen molar-refractivity contribution in [3.63, 3.8) is 0 Å². The molecule has 0 aliphatic rings. The number of rotatable bonds is 5. The Morgan fingerprint density at radius 3 is 3.00 bits per heavy atom. The van der Waals surface area contributed by atoms with Gasteiger partial charge in [0.25, 0.3) is 5.56 Å². The molecule has 1 heterocycles. The lowest BCUT2D eigenvalue weighted by Crippen LogP contribution is -2.26. The lowest BCUT2D eigenvalue weighted by molar-refractivity contribution is -0.118. The van der Waals surface area contributed by atoms with Crippen LogP contribution in [0, 0.1) is 0 Å². The lowest BCUT2D eigenvalue weighted by Gasteiger charge is -2.08. The summed E-state index contributed by atoms with van der Waals surface area (Å²) in [7, 11) is 1.66. The second kappa shape index (κ2) is 6.38. The van der Waals surface area contributed by atoms with Gasteiger partial charge in [-0.2, -0.15) is 0 Å². The Morgan fingerprint density at radius 2 is 2.25 bits per heavy atom. The highest BCUT2D eigenvalue weighted by molar-refractivity contribution is 7.99. The van der Waals surface area contributed by atoms with E-state index in [9.17, 15) is 9.59 Å². The SMILES string of the molecule is C=CCNC(=O)CSc1nc2ccccc2c(=O)n1C. The van der Waals surface area contributed by atoms with Gasteiger partial charge >= 0.3 is 0 Å². The zero-order valence-electron chi connectivity index (χ0n) is 11.1. The molecule has 0 aliphatic carbocycles. The van der Waals surface area contributed by atoms with Crippen molar-refractivity contribution in [3.8, 4) is 0 Å². The number of amides is 1. The Balaban J connectivity index is 2.22. The predicted octanol–water partition coefficient (Wildman–Crippen LogP) is 1.33. The van der Waals surface area contributed by atoms with Crippen LogP contribution in [-0.4, -0.2) is 27.8 Å². The lowest BCUT2D eigenvalue weighted by atomic mass is 10.2. The van der Waals surface area contributed by atoms with Crippen LogP contribution in [0.2, 0.25) is 0 Å². The fourth-order valence-electron chi connectivity index (χ4n) is 1.69. The Kier molecular flexibility index (Phi) is 4.57. The average molecular weight is 289 g/mol. The molecule has 0 saturated carbocycles. The minimum atomic E-state index is -0.114. The van der Waals surface area contributed by atoms with E-state index in [-0.39, 0.29) is 17.2 Å². The molecule has 0 fully saturated rings. The summed E-state index contributed by atoms with van der Waals surface area (Å²) in [5, 5.41) is 3.79. The first-order chi connectivity index (χ1) is 9.63. The molecule has 104 valence electrons. The summed E-state index contributed by atoms with van der Waals surface area (Å²) in [6, 6.07) is 7.18. The molecule has 1 aromatic carbocycles. The van der Waals surface area contributed by atoms with Crippen LogP contribution in [-0.2, 0) is 11.8 Å². The van der Waals surface area contributed by atoms with Crippen LogP contribution in [0.3, 0.4) is 0 Å². The summed E-state index contributed by atoms with van der Waals surface area (Å²) in [6.07, 6.45) is 1.62. The maximum Gasteiger partial charge on any atom is 0.261 e. The number of carbonyl (C=O) groups is 1. The Hall–Kier alpha value is -2.08. The standard InChI is InChI=1S/C14H15N3O2S/c1-3-8-15-12(18)9-20-14-16-11-7-5-4-6-10(11)13(19)17(14)2/h3-7H,1,8-9H2,2H3,(H,15,18). The smallest absolute Gasteiger partial charge is 0.261 e. The molecule has 0 bridgehead atoms. The molecule has 0 atom stereocenters. The Bertz CT molecular complexity index is 709. The maximum absolute atomic E-state index is 12.2. The van der Waals surface area contributed by atoms with Gasteiger partial charge in [-0.3, -0.25) is 14.2 Å². The number of nitrogens with one attached hydrogen (secondary N) is 1. The number of hydrogen-bond donors (Lipinski definition) is 1. The first-order valence-electron chi connectivity index (χ1n) is 6.09. The molecular weight excluding hydrogens is 274 g/mol. The van der Waals surface area contributed by atoms with Gasteiger partial charge in [0.2, 0.25) is 5.91 Å². The quantitative estimate of drug-likeness (QED) is 0.512. The van der Waals surface area contributed by atoms with Gasteiger partial charge in [-0.25, -0.2) is 4.98 Å². The van der Waals surface area contributed by atoms with Gasteiger partial charge in [-0.15, -0.1) is 6.58 Å². The third-order valence-corrected chi connectivity index (χ3v) is 3.75. The van der Waals surface area contributed by atoms with Crippen molar-refractivity contribution >= 4 is 28.6 Å². The van der Waals surface area contributed by atoms with E-state index in [0.29, 0.717) is 22.6 Å². The Morgan fingerprint density at radius 1 is 1.50 bits per heavy atom. The summed E-state index contributed by atoms with van der Waals surface area (Å²) in [6.45, 7) is 3.97. The number of nitrogens with zero attached hydrogens (tertiary/aromatic N) is 2. The molecule has 1 amide bonds. The third-order valence-electron chi connectivity index (χ3n) is 2.72. The fourth-order valence-corrected chi connectivity index (χ4v) is 2.50. The molecule has 2 rings (SSSR count). The van der Waals surface area contributed by atoms with Crippen molar-refractivity contribution in [1.82, 2.24) is 14.9 Å². The number of aromatic nitrogens is 2. The highest BCUT2D eigenvalue weighted by Gasteiger charge is 2.10. The highest BCUT2D eigenvalue weighted by Crippen LogP contribution is 2.16. The molecule has 5 nitrogen and oxygen atoms in total. The van der Waals surface area contributed by atoms with Crippen molar-refractivity contribution in [2.24, 2.45) is 7.05 Å². The molecule has 0 aliphatic heterocycles. The zero-order valence-corrected chi connectivity index (χ0v) is 11.9. The molecule has 0 saturated heterocycles. The van der Waals surface area contributed by atoms with E-state index in [1.807, 2.05) is 6.07 Å². The van der Waals surface area contributed by atoms with E-state index in [1.54, 1.807) is 31.3 Å². The molecule has 1 aromatic heterocycles.